The van der Waals surface area contributed by atoms with Crippen LogP contribution in [0.15, 0.2) is 30.3 Å². The Labute approximate surface area is 91.2 Å². The number of ether oxygens (including phenoxy) is 2. The molecule has 0 N–H and O–H groups in total. The fourth-order valence-corrected chi connectivity index (χ4v) is 1.69. The average molecular weight is 206 g/mol. The van der Waals surface area contributed by atoms with E-state index >= 15 is 0 Å². The summed E-state index contributed by atoms with van der Waals surface area (Å²) < 4.78 is 10.7. The third kappa shape index (κ3) is 3.65. The van der Waals surface area contributed by atoms with Crippen molar-refractivity contribution in [1.29, 1.82) is 0 Å². The lowest BCUT2D eigenvalue weighted by Gasteiger charge is -2.25. The molecule has 1 aromatic carbocycles. The zero-order valence-corrected chi connectivity index (χ0v) is 9.02. The molecule has 1 saturated heterocycles. The molecular weight excluding hydrogens is 188 g/mol. The van der Waals surface area contributed by atoms with E-state index < -0.39 is 0 Å². The van der Waals surface area contributed by atoms with E-state index in [1.165, 1.54) is 12.0 Å². The van der Waals surface area contributed by atoms with Crippen LogP contribution in [0, 0.1) is 5.92 Å². The van der Waals surface area contributed by atoms with Crippen LogP contribution in [0.3, 0.4) is 0 Å². The van der Waals surface area contributed by atoms with E-state index in [1.807, 2.05) is 18.2 Å². The van der Waals surface area contributed by atoms with Gasteiger partial charge in [0.15, 0.2) is 0 Å². The van der Waals surface area contributed by atoms with Crippen LogP contribution in [0.4, 0.5) is 0 Å². The number of hydrogen-bond acceptors (Lipinski definition) is 2. The summed E-state index contributed by atoms with van der Waals surface area (Å²) in [6.45, 7) is 3.52. The monoisotopic (exact) mass is 206 g/mol. The smallest absolute Gasteiger partial charge is 0.0716 e. The highest BCUT2D eigenvalue weighted by molar-refractivity contribution is 5.13. The molecule has 0 unspecified atom stereocenters. The lowest BCUT2D eigenvalue weighted by atomic mass is 10.0. The molecular formula is C13H18O2. The van der Waals surface area contributed by atoms with Gasteiger partial charge in [-0.15, -0.1) is 0 Å². The maximum absolute atomic E-state index is 5.60. The van der Waals surface area contributed by atoms with E-state index in [1.54, 1.807) is 0 Å². The van der Waals surface area contributed by atoms with E-state index in [0.29, 0.717) is 0 Å². The van der Waals surface area contributed by atoms with Gasteiger partial charge in [-0.25, -0.2) is 0 Å². The van der Waals surface area contributed by atoms with Crippen molar-refractivity contribution < 1.29 is 9.47 Å². The standard InChI is InChI=1S/C13H18O2/c1-2-5-12(6-3-1)9-14-8-4-7-13-10-15-11-13/h1-3,5-6,13H,4,7-11H2. The van der Waals surface area contributed by atoms with Gasteiger partial charge >= 0.3 is 0 Å². The molecule has 1 heterocycles. The molecule has 2 nitrogen and oxygen atoms in total. The second kappa shape index (κ2) is 5.89. The summed E-state index contributed by atoms with van der Waals surface area (Å²) in [7, 11) is 0. The van der Waals surface area contributed by atoms with Crippen LogP contribution >= 0.6 is 0 Å². The number of rotatable bonds is 6. The summed E-state index contributed by atoms with van der Waals surface area (Å²) in [6.07, 6.45) is 2.40. The Morgan fingerprint density at radius 1 is 1.20 bits per heavy atom. The first-order chi connectivity index (χ1) is 7.45. The highest BCUT2D eigenvalue weighted by Gasteiger charge is 2.16. The predicted octanol–water partition coefficient (Wildman–Crippen LogP) is 2.63. The van der Waals surface area contributed by atoms with E-state index in [-0.39, 0.29) is 0 Å². The van der Waals surface area contributed by atoms with E-state index in [0.717, 1.165) is 38.8 Å². The van der Waals surface area contributed by atoms with Gasteiger partial charge in [0.25, 0.3) is 0 Å². The second-order valence-corrected chi connectivity index (χ2v) is 4.08. The molecule has 1 fully saturated rings. The quantitative estimate of drug-likeness (QED) is 0.666. The van der Waals surface area contributed by atoms with E-state index in [4.69, 9.17) is 9.47 Å². The van der Waals surface area contributed by atoms with Gasteiger partial charge in [-0.3, -0.25) is 0 Å². The van der Waals surface area contributed by atoms with Crippen molar-refractivity contribution in [1.82, 2.24) is 0 Å². The Bertz CT molecular complexity index is 267. The van der Waals surface area contributed by atoms with Gasteiger partial charge in [0, 0.05) is 12.5 Å². The minimum absolute atomic E-state index is 0.738. The normalized spacial score (nSPS) is 16.3. The topological polar surface area (TPSA) is 18.5 Å². The van der Waals surface area contributed by atoms with Crippen molar-refractivity contribution in [2.75, 3.05) is 19.8 Å². The Kier molecular flexibility index (Phi) is 4.18. The SMILES string of the molecule is c1ccc(COCCCC2COC2)cc1. The van der Waals surface area contributed by atoms with Crippen LogP contribution in [0.1, 0.15) is 18.4 Å². The minimum atomic E-state index is 0.738. The van der Waals surface area contributed by atoms with Crippen LogP contribution in [-0.2, 0) is 16.1 Å². The molecule has 1 aromatic rings. The van der Waals surface area contributed by atoms with Crippen LogP contribution in [0.25, 0.3) is 0 Å². The predicted molar refractivity (Wildman–Crippen MR) is 59.6 cm³/mol. The fraction of sp³-hybridized carbons (Fsp3) is 0.538. The van der Waals surface area contributed by atoms with Crippen LogP contribution < -0.4 is 0 Å². The van der Waals surface area contributed by atoms with Crippen LogP contribution in [-0.4, -0.2) is 19.8 Å². The molecule has 2 rings (SSSR count). The zero-order valence-electron chi connectivity index (χ0n) is 9.02. The van der Waals surface area contributed by atoms with Crippen LogP contribution in [0.5, 0.6) is 0 Å². The average Bonchev–Trinajstić information content (AvgIpc) is 2.22. The van der Waals surface area contributed by atoms with Gasteiger partial charge in [-0.05, 0) is 18.4 Å². The third-order valence-corrected chi connectivity index (χ3v) is 2.72. The largest absolute Gasteiger partial charge is 0.381 e. The molecule has 0 radical (unpaired) electrons. The molecule has 0 amide bonds. The summed E-state index contributed by atoms with van der Waals surface area (Å²) in [4.78, 5) is 0. The van der Waals surface area contributed by atoms with Gasteiger partial charge in [0.2, 0.25) is 0 Å². The maximum Gasteiger partial charge on any atom is 0.0716 e. The highest BCUT2D eigenvalue weighted by Crippen LogP contribution is 2.16. The Balaban J connectivity index is 1.51. The van der Waals surface area contributed by atoms with Crippen molar-refractivity contribution >= 4 is 0 Å². The third-order valence-electron chi connectivity index (χ3n) is 2.72. The van der Waals surface area contributed by atoms with E-state index in [2.05, 4.69) is 12.1 Å². The second-order valence-electron chi connectivity index (χ2n) is 4.08. The molecule has 0 aromatic heterocycles. The van der Waals surface area contributed by atoms with Crippen molar-refractivity contribution in [3.63, 3.8) is 0 Å². The summed E-state index contributed by atoms with van der Waals surface area (Å²) >= 11 is 0. The molecule has 1 aliphatic rings. The summed E-state index contributed by atoms with van der Waals surface area (Å²) in [5.41, 5.74) is 1.25. The first-order valence-corrected chi connectivity index (χ1v) is 5.64. The molecule has 0 spiro atoms. The molecule has 0 aliphatic carbocycles. The van der Waals surface area contributed by atoms with Gasteiger partial charge in [0.05, 0.1) is 19.8 Å². The zero-order chi connectivity index (χ0) is 10.3. The molecule has 0 bridgehead atoms. The molecule has 0 atom stereocenters. The Morgan fingerprint density at radius 3 is 2.67 bits per heavy atom. The lowest BCUT2D eigenvalue weighted by Crippen LogP contribution is -2.27. The Hall–Kier alpha value is -0.860. The summed E-state index contributed by atoms with van der Waals surface area (Å²) in [5, 5.41) is 0. The highest BCUT2D eigenvalue weighted by atomic mass is 16.5. The molecule has 1 aliphatic heterocycles. The van der Waals surface area contributed by atoms with E-state index in [9.17, 15) is 0 Å². The van der Waals surface area contributed by atoms with Gasteiger partial charge in [0.1, 0.15) is 0 Å². The number of benzene rings is 1. The molecule has 82 valence electrons. The summed E-state index contributed by atoms with van der Waals surface area (Å²) in [6, 6.07) is 10.3. The fourth-order valence-electron chi connectivity index (χ4n) is 1.69. The van der Waals surface area contributed by atoms with Crippen LogP contribution in [0.2, 0.25) is 0 Å². The lowest BCUT2D eigenvalue weighted by molar-refractivity contribution is -0.0393. The Morgan fingerprint density at radius 2 is 2.00 bits per heavy atom. The van der Waals surface area contributed by atoms with Gasteiger partial charge in [-0.2, -0.15) is 0 Å². The first-order valence-electron chi connectivity index (χ1n) is 5.64. The molecule has 15 heavy (non-hydrogen) atoms. The molecule has 0 saturated carbocycles. The molecule has 2 heteroatoms. The number of hydrogen-bond donors (Lipinski definition) is 0. The van der Waals surface area contributed by atoms with Gasteiger partial charge < -0.3 is 9.47 Å². The van der Waals surface area contributed by atoms with Crippen molar-refractivity contribution in [2.45, 2.75) is 19.4 Å². The maximum atomic E-state index is 5.60. The van der Waals surface area contributed by atoms with Gasteiger partial charge in [-0.1, -0.05) is 30.3 Å². The minimum Gasteiger partial charge on any atom is -0.381 e. The summed E-state index contributed by atoms with van der Waals surface area (Å²) in [5.74, 6) is 0.797. The van der Waals surface area contributed by atoms with Crippen molar-refractivity contribution in [3.8, 4) is 0 Å². The van der Waals surface area contributed by atoms with Crippen molar-refractivity contribution in [3.05, 3.63) is 35.9 Å². The van der Waals surface area contributed by atoms with Crippen molar-refractivity contribution in [2.24, 2.45) is 5.92 Å². The first kappa shape index (κ1) is 10.7.